The molecule has 0 aliphatic carbocycles. The van der Waals surface area contributed by atoms with Crippen LogP contribution in [0.25, 0.3) is 0 Å². The molecule has 1 rings (SSSR count). The smallest absolute Gasteiger partial charge is 0.221 e. The fraction of sp³-hybridized carbons (Fsp3) is 0.500. The molecule has 1 aromatic rings. The highest BCUT2D eigenvalue weighted by atomic mass is 16.1. The van der Waals surface area contributed by atoms with Crippen molar-refractivity contribution in [3.05, 3.63) is 35.4 Å². The quantitative estimate of drug-likeness (QED) is 0.790. The summed E-state index contributed by atoms with van der Waals surface area (Å²) in [6, 6.07) is 8.61. The molecule has 0 spiro atoms. The number of rotatable bonds is 6. The Morgan fingerprint density at radius 3 is 2.76 bits per heavy atom. The Labute approximate surface area is 104 Å². The average Bonchev–Trinajstić information content (AvgIpc) is 2.26. The molecule has 1 aromatic carbocycles. The third kappa shape index (κ3) is 6.07. The average molecular weight is 234 g/mol. The maximum atomic E-state index is 11.5. The highest BCUT2D eigenvalue weighted by Crippen LogP contribution is 2.03. The summed E-state index contributed by atoms with van der Waals surface area (Å²) in [5.74, 6) is 0.0969. The maximum absolute atomic E-state index is 11.5. The van der Waals surface area contributed by atoms with Gasteiger partial charge in [-0.05, 0) is 12.5 Å². The van der Waals surface area contributed by atoms with Gasteiger partial charge >= 0.3 is 0 Å². The molecule has 0 aromatic heterocycles. The van der Waals surface area contributed by atoms with Crippen LogP contribution in [0, 0.1) is 6.92 Å². The van der Waals surface area contributed by atoms with Crippen LogP contribution in [0.5, 0.6) is 0 Å². The molecular weight excluding hydrogens is 212 g/mol. The van der Waals surface area contributed by atoms with Crippen molar-refractivity contribution in [3.8, 4) is 0 Å². The molecule has 0 radical (unpaired) electrons. The van der Waals surface area contributed by atoms with Crippen molar-refractivity contribution in [2.45, 2.75) is 39.8 Å². The van der Waals surface area contributed by atoms with Crippen LogP contribution in [0.1, 0.15) is 31.4 Å². The van der Waals surface area contributed by atoms with Crippen molar-refractivity contribution < 1.29 is 4.79 Å². The van der Waals surface area contributed by atoms with Crippen LogP contribution in [0.2, 0.25) is 0 Å². The number of carbonyl (C=O) groups excluding carboxylic acids is 1. The fourth-order valence-electron chi connectivity index (χ4n) is 1.59. The molecule has 0 saturated heterocycles. The normalized spacial score (nSPS) is 10.6. The zero-order valence-electron chi connectivity index (χ0n) is 10.9. The standard InChI is InChI=1S/C14H22N2O/c1-11(2)15-8-7-14(17)16-10-13-6-4-5-12(3)9-13/h4-6,9,11,15H,7-8,10H2,1-3H3,(H,16,17). The van der Waals surface area contributed by atoms with Crippen molar-refractivity contribution in [2.75, 3.05) is 6.54 Å². The summed E-state index contributed by atoms with van der Waals surface area (Å²) in [5, 5.41) is 6.14. The van der Waals surface area contributed by atoms with Gasteiger partial charge in [-0.25, -0.2) is 0 Å². The molecule has 0 saturated carbocycles. The van der Waals surface area contributed by atoms with E-state index in [0.29, 0.717) is 19.0 Å². The van der Waals surface area contributed by atoms with Crippen molar-refractivity contribution >= 4 is 5.91 Å². The van der Waals surface area contributed by atoms with Crippen molar-refractivity contribution in [3.63, 3.8) is 0 Å². The lowest BCUT2D eigenvalue weighted by Gasteiger charge is -2.08. The first kappa shape index (κ1) is 13.7. The van der Waals surface area contributed by atoms with E-state index in [9.17, 15) is 4.79 Å². The van der Waals surface area contributed by atoms with Crippen LogP contribution in [-0.4, -0.2) is 18.5 Å². The molecular formula is C14H22N2O. The topological polar surface area (TPSA) is 41.1 Å². The van der Waals surface area contributed by atoms with Gasteiger partial charge in [-0.1, -0.05) is 43.7 Å². The Bertz CT molecular complexity index is 361. The Balaban J connectivity index is 2.24. The lowest BCUT2D eigenvalue weighted by atomic mass is 10.1. The summed E-state index contributed by atoms with van der Waals surface area (Å²) in [4.78, 5) is 11.5. The van der Waals surface area contributed by atoms with E-state index in [1.54, 1.807) is 0 Å². The first-order valence-corrected chi connectivity index (χ1v) is 6.13. The second-order valence-electron chi connectivity index (χ2n) is 4.62. The van der Waals surface area contributed by atoms with Crippen LogP contribution in [0.3, 0.4) is 0 Å². The monoisotopic (exact) mass is 234 g/mol. The first-order valence-electron chi connectivity index (χ1n) is 6.13. The number of hydrogen-bond acceptors (Lipinski definition) is 2. The van der Waals surface area contributed by atoms with Crippen molar-refractivity contribution in [1.82, 2.24) is 10.6 Å². The van der Waals surface area contributed by atoms with Crippen LogP contribution in [0.4, 0.5) is 0 Å². The zero-order valence-corrected chi connectivity index (χ0v) is 10.9. The van der Waals surface area contributed by atoms with Crippen molar-refractivity contribution in [1.29, 1.82) is 0 Å². The van der Waals surface area contributed by atoms with E-state index < -0.39 is 0 Å². The number of nitrogens with one attached hydrogen (secondary N) is 2. The van der Waals surface area contributed by atoms with E-state index in [0.717, 1.165) is 12.1 Å². The molecule has 2 N–H and O–H groups in total. The van der Waals surface area contributed by atoms with Crippen LogP contribution in [-0.2, 0) is 11.3 Å². The minimum absolute atomic E-state index is 0.0969. The summed E-state index contributed by atoms with van der Waals surface area (Å²) in [7, 11) is 0. The van der Waals surface area contributed by atoms with E-state index in [1.807, 2.05) is 12.1 Å². The van der Waals surface area contributed by atoms with Gasteiger partial charge in [0.1, 0.15) is 0 Å². The molecule has 0 heterocycles. The highest BCUT2D eigenvalue weighted by molar-refractivity contribution is 5.76. The molecule has 0 fully saturated rings. The third-order valence-electron chi connectivity index (χ3n) is 2.48. The van der Waals surface area contributed by atoms with Gasteiger partial charge in [-0.2, -0.15) is 0 Å². The molecule has 17 heavy (non-hydrogen) atoms. The Morgan fingerprint density at radius 2 is 2.12 bits per heavy atom. The number of hydrogen-bond donors (Lipinski definition) is 2. The molecule has 94 valence electrons. The Hall–Kier alpha value is -1.35. The van der Waals surface area contributed by atoms with Crippen LogP contribution < -0.4 is 10.6 Å². The molecule has 0 aliphatic heterocycles. The minimum atomic E-state index is 0.0969. The van der Waals surface area contributed by atoms with E-state index >= 15 is 0 Å². The zero-order chi connectivity index (χ0) is 12.7. The van der Waals surface area contributed by atoms with E-state index in [4.69, 9.17) is 0 Å². The maximum Gasteiger partial charge on any atom is 0.221 e. The minimum Gasteiger partial charge on any atom is -0.352 e. The number of aryl methyl sites for hydroxylation is 1. The van der Waals surface area contributed by atoms with E-state index in [-0.39, 0.29) is 5.91 Å². The third-order valence-corrected chi connectivity index (χ3v) is 2.48. The van der Waals surface area contributed by atoms with E-state index in [2.05, 4.69) is 43.5 Å². The fourth-order valence-corrected chi connectivity index (χ4v) is 1.59. The van der Waals surface area contributed by atoms with Crippen LogP contribution in [0.15, 0.2) is 24.3 Å². The summed E-state index contributed by atoms with van der Waals surface area (Å²) >= 11 is 0. The second kappa shape index (κ2) is 7.07. The van der Waals surface area contributed by atoms with Gasteiger partial charge in [-0.3, -0.25) is 4.79 Å². The summed E-state index contributed by atoms with van der Waals surface area (Å²) in [6.07, 6.45) is 0.532. The van der Waals surface area contributed by atoms with Gasteiger partial charge in [0.15, 0.2) is 0 Å². The van der Waals surface area contributed by atoms with Gasteiger partial charge in [0.25, 0.3) is 0 Å². The summed E-state index contributed by atoms with van der Waals surface area (Å²) < 4.78 is 0. The molecule has 0 unspecified atom stereocenters. The molecule has 3 heteroatoms. The largest absolute Gasteiger partial charge is 0.352 e. The Kier molecular flexibility index (Phi) is 5.70. The Morgan fingerprint density at radius 1 is 1.35 bits per heavy atom. The SMILES string of the molecule is Cc1cccc(CNC(=O)CCNC(C)C)c1. The van der Waals surface area contributed by atoms with Gasteiger partial charge in [0.05, 0.1) is 0 Å². The first-order chi connectivity index (χ1) is 8.08. The molecule has 3 nitrogen and oxygen atoms in total. The number of amides is 1. The lowest BCUT2D eigenvalue weighted by molar-refractivity contribution is -0.121. The molecule has 1 amide bonds. The van der Waals surface area contributed by atoms with E-state index in [1.165, 1.54) is 5.56 Å². The molecule has 0 aliphatic rings. The van der Waals surface area contributed by atoms with Gasteiger partial charge < -0.3 is 10.6 Å². The summed E-state index contributed by atoms with van der Waals surface area (Å²) in [5.41, 5.74) is 2.37. The van der Waals surface area contributed by atoms with Gasteiger partial charge in [0, 0.05) is 25.6 Å². The number of benzene rings is 1. The van der Waals surface area contributed by atoms with Crippen LogP contribution >= 0.6 is 0 Å². The predicted octanol–water partition coefficient (Wildman–Crippen LogP) is 2.00. The second-order valence-corrected chi connectivity index (χ2v) is 4.62. The van der Waals surface area contributed by atoms with Gasteiger partial charge in [0.2, 0.25) is 5.91 Å². The molecule has 0 bridgehead atoms. The predicted molar refractivity (Wildman–Crippen MR) is 70.8 cm³/mol. The lowest BCUT2D eigenvalue weighted by Crippen LogP contribution is -2.30. The van der Waals surface area contributed by atoms with Crippen molar-refractivity contribution in [2.24, 2.45) is 0 Å². The highest BCUT2D eigenvalue weighted by Gasteiger charge is 2.01. The van der Waals surface area contributed by atoms with Gasteiger partial charge in [-0.15, -0.1) is 0 Å². The summed E-state index contributed by atoms with van der Waals surface area (Å²) in [6.45, 7) is 7.55. The number of carbonyl (C=O) groups is 1. The molecule has 0 atom stereocenters.